The monoisotopic (exact) mass is 398 g/mol. The van der Waals surface area contributed by atoms with E-state index in [1.165, 1.54) is 22.7 Å². The summed E-state index contributed by atoms with van der Waals surface area (Å²) in [6.45, 7) is 2.02. The highest BCUT2D eigenvalue weighted by atomic mass is 32.1. The van der Waals surface area contributed by atoms with Gasteiger partial charge in [-0.25, -0.2) is 0 Å². The third-order valence-electron chi connectivity index (χ3n) is 3.91. The van der Waals surface area contributed by atoms with Crippen LogP contribution in [0.4, 0.5) is 0 Å². The van der Waals surface area contributed by atoms with Crippen molar-refractivity contribution in [3.8, 4) is 0 Å². The molecule has 2 aromatic heterocycles. The average molecular weight is 399 g/mol. The van der Waals surface area contributed by atoms with Crippen molar-refractivity contribution in [3.05, 3.63) is 80.2 Å². The summed E-state index contributed by atoms with van der Waals surface area (Å²) in [6, 6.07) is 16.3. The Morgan fingerprint density at radius 1 is 0.926 bits per heavy atom. The van der Waals surface area contributed by atoms with Gasteiger partial charge in [-0.1, -0.05) is 36.4 Å². The second-order valence-corrected chi connectivity index (χ2v) is 7.98. The van der Waals surface area contributed by atoms with Gasteiger partial charge in [0, 0.05) is 4.88 Å². The van der Waals surface area contributed by atoms with Crippen molar-refractivity contribution in [2.45, 2.75) is 19.5 Å². The van der Waals surface area contributed by atoms with Crippen LogP contribution in [0.5, 0.6) is 0 Å². The largest absolute Gasteiger partial charge is 0.343 e. The Balaban J connectivity index is 1.52. The van der Waals surface area contributed by atoms with Crippen LogP contribution in [0.3, 0.4) is 0 Å². The summed E-state index contributed by atoms with van der Waals surface area (Å²) >= 11 is 2.71. The first-order valence-electron chi connectivity index (χ1n) is 8.35. The zero-order valence-electron chi connectivity index (χ0n) is 14.6. The molecule has 0 saturated carbocycles. The highest BCUT2D eigenvalue weighted by molar-refractivity contribution is 7.16. The number of carbonyl (C=O) groups is 3. The van der Waals surface area contributed by atoms with Gasteiger partial charge in [0.15, 0.2) is 0 Å². The molecule has 2 heterocycles. The average Bonchev–Trinajstić information content (AvgIpc) is 3.38. The van der Waals surface area contributed by atoms with Gasteiger partial charge in [-0.3, -0.25) is 14.4 Å². The zero-order chi connectivity index (χ0) is 19.2. The van der Waals surface area contributed by atoms with E-state index in [0.717, 1.165) is 10.4 Å². The van der Waals surface area contributed by atoms with Gasteiger partial charge in [0.1, 0.15) is 0 Å². The molecule has 0 aliphatic carbocycles. The Morgan fingerprint density at radius 3 is 2.41 bits per heavy atom. The molecule has 0 fully saturated rings. The lowest BCUT2D eigenvalue weighted by atomic mass is 10.1. The number of hydrogen-bond donors (Lipinski definition) is 2. The van der Waals surface area contributed by atoms with Crippen LogP contribution in [0, 0.1) is 0 Å². The minimum absolute atomic E-state index is 0.0259. The number of hydrogen-bond acceptors (Lipinski definition) is 5. The van der Waals surface area contributed by atoms with Crippen LogP contribution >= 0.6 is 22.7 Å². The first kappa shape index (κ1) is 19.0. The predicted octanol–water partition coefficient (Wildman–Crippen LogP) is 3.53. The highest BCUT2D eigenvalue weighted by Crippen LogP contribution is 2.22. The summed E-state index contributed by atoms with van der Waals surface area (Å²) in [5.74, 6) is -1.41. The van der Waals surface area contributed by atoms with Crippen LogP contribution in [-0.4, -0.2) is 17.6 Å². The van der Waals surface area contributed by atoms with Crippen molar-refractivity contribution in [1.29, 1.82) is 0 Å². The first-order chi connectivity index (χ1) is 13.0. The molecule has 0 aliphatic heterocycles. The van der Waals surface area contributed by atoms with Gasteiger partial charge >= 0.3 is 11.8 Å². The molecule has 0 spiro atoms. The van der Waals surface area contributed by atoms with Crippen molar-refractivity contribution < 1.29 is 14.4 Å². The fourth-order valence-electron chi connectivity index (χ4n) is 2.46. The number of amides is 2. The lowest BCUT2D eigenvalue weighted by molar-refractivity contribution is -0.139. The van der Waals surface area contributed by atoms with Gasteiger partial charge < -0.3 is 10.6 Å². The van der Waals surface area contributed by atoms with Crippen LogP contribution in [0.15, 0.2) is 60.0 Å². The summed E-state index contributed by atoms with van der Waals surface area (Å²) in [4.78, 5) is 38.5. The molecule has 5 nitrogen and oxygen atoms in total. The summed E-state index contributed by atoms with van der Waals surface area (Å²) < 4.78 is 0. The molecule has 0 unspecified atom stereocenters. The number of rotatable bonds is 6. The molecule has 0 aliphatic rings. The number of benzene rings is 1. The quantitative estimate of drug-likeness (QED) is 0.493. The van der Waals surface area contributed by atoms with E-state index in [9.17, 15) is 14.4 Å². The van der Waals surface area contributed by atoms with E-state index in [0.29, 0.717) is 9.75 Å². The molecule has 0 bridgehead atoms. The van der Waals surface area contributed by atoms with Gasteiger partial charge in [-0.2, -0.15) is 0 Å². The van der Waals surface area contributed by atoms with Crippen LogP contribution in [0.1, 0.15) is 38.0 Å². The summed E-state index contributed by atoms with van der Waals surface area (Å²) in [5.41, 5.74) is 0.925. The summed E-state index contributed by atoms with van der Waals surface area (Å²) in [6.07, 6.45) is 0. The maximum absolute atomic E-state index is 12.3. The van der Waals surface area contributed by atoms with E-state index >= 15 is 0 Å². The van der Waals surface area contributed by atoms with Crippen molar-refractivity contribution in [3.63, 3.8) is 0 Å². The van der Waals surface area contributed by atoms with E-state index in [-0.39, 0.29) is 18.4 Å². The third kappa shape index (κ3) is 4.90. The van der Waals surface area contributed by atoms with Crippen molar-refractivity contribution in [2.24, 2.45) is 0 Å². The number of nitrogens with one attached hydrogen (secondary N) is 2. The normalized spacial score (nSPS) is 11.6. The van der Waals surface area contributed by atoms with Crippen molar-refractivity contribution >= 4 is 40.3 Å². The minimum atomic E-state index is -0.697. The maximum Gasteiger partial charge on any atom is 0.309 e. The second-order valence-electron chi connectivity index (χ2n) is 5.86. The molecule has 2 N–H and O–H groups in total. The first-order valence-corrected chi connectivity index (χ1v) is 10.0. The molecule has 0 radical (unpaired) electrons. The molecule has 138 valence electrons. The molecule has 1 aromatic carbocycles. The molecular formula is C20H18N2O3S2. The standard InChI is InChI=1S/C20H18N2O3S2/c1-13(14-6-3-2-4-7-14)22-20(25)19(24)21-12-15-9-10-17(27-15)18(23)16-8-5-11-26-16/h2-11,13H,12H2,1H3,(H,21,24)(H,22,25)/t13-/m0/s1. The molecule has 0 saturated heterocycles. The zero-order valence-corrected chi connectivity index (χ0v) is 16.2. The third-order valence-corrected chi connectivity index (χ3v) is 5.86. The number of carbonyl (C=O) groups excluding carboxylic acids is 3. The van der Waals surface area contributed by atoms with Gasteiger partial charge in [0.2, 0.25) is 5.78 Å². The SMILES string of the molecule is C[C@H](NC(=O)C(=O)NCc1ccc(C(=O)c2cccs2)s1)c1ccccc1. The van der Waals surface area contributed by atoms with Gasteiger partial charge in [-0.15, -0.1) is 22.7 Å². The topological polar surface area (TPSA) is 75.3 Å². The van der Waals surface area contributed by atoms with Crippen molar-refractivity contribution in [1.82, 2.24) is 10.6 Å². The van der Waals surface area contributed by atoms with E-state index in [2.05, 4.69) is 10.6 Å². The minimum Gasteiger partial charge on any atom is -0.343 e. The van der Waals surface area contributed by atoms with Crippen LogP contribution < -0.4 is 10.6 Å². The number of thiophene rings is 2. The number of ketones is 1. The Morgan fingerprint density at radius 2 is 1.70 bits per heavy atom. The molecule has 1 atom stereocenters. The van der Waals surface area contributed by atoms with Gasteiger partial charge in [-0.05, 0) is 36.1 Å². The summed E-state index contributed by atoms with van der Waals surface area (Å²) in [5, 5.41) is 7.13. The fraction of sp³-hybridized carbons (Fsp3) is 0.150. The van der Waals surface area contributed by atoms with Crippen molar-refractivity contribution in [2.75, 3.05) is 0 Å². The lowest BCUT2D eigenvalue weighted by Crippen LogP contribution is -2.40. The van der Waals surface area contributed by atoms with E-state index < -0.39 is 11.8 Å². The van der Waals surface area contributed by atoms with E-state index in [4.69, 9.17) is 0 Å². The Labute approximate surface area is 165 Å². The fourth-order valence-corrected chi connectivity index (χ4v) is 4.10. The molecule has 2 amide bonds. The van der Waals surface area contributed by atoms with Crippen LogP contribution in [0.25, 0.3) is 0 Å². The smallest absolute Gasteiger partial charge is 0.309 e. The highest BCUT2D eigenvalue weighted by Gasteiger charge is 2.18. The predicted molar refractivity (Wildman–Crippen MR) is 107 cm³/mol. The van der Waals surface area contributed by atoms with Crippen LogP contribution in [-0.2, 0) is 16.1 Å². The second kappa shape index (κ2) is 8.75. The van der Waals surface area contributed by atoms with Gasteiger partial charge in [0.25, 0.3) is 0 Å². The summed E-state index contributed by atoms with van der Waals surface area (Å²) in [7, 11) is 0. The molecule has 27 heavy (non-hydrogen) atoms. The Bertz CT molecular complexity index is 933. The van der Waals surface area contributed by atoms with Crippen LogP contribution in [0.2, 0.25) is 0 Å². The Kier molecular flexibility index (Phi) is 6.16. The molecule has 3 aromatic rings. The van der Waals surface area contributed by atoms with E-state index in [1.807, 2.05) is 48.7 Å². The van der Waals surface area contributed by atoms with Gasteiger partial charge in [0.05, 0.1) is 22.3 Å². The molecular weight excluding hydrogens is 380 g/mol. The molecule has 7 heteroatoms. The molecule has 3 rings (SSSR count). The Hall–Kier alpha value is -2.77. The lowest BCUT2D eigenvalue weighted by Gasteiger charge is -2.13. The van der Waals surface area contributed by atoms with E-state index in [1.54, 1.807) is 18.2 Å². The maximum atomic E-state index is 12.3.